The Kier molecular flexibility index (Phi) is 3.78. The van der Waals surface area contributed by atoms with Crippen LogP contribution in [0.5, 0.6) is 0 Å². The number of amidine groups is 1. The van der Waals surface area contributed by atoms with Gasteiger partial charge in [0.2, 0.25) is 0 Å². The summed E-state index contributed by atoms with van der Waals surface area (Å²) in [6.07, 6.45) is 0.681. The second kappa shape index (κ2) is 4.67. The topological polar surface area (TPSA) is 38.4 Å². The molecule has 0 bridgehead atoms. The highest BCUT2D eigenvalue weighted by Gasteiger charge is 2.07. The number of nitrogens with two attached hydrogens (primary N) is 1. The van der Waals surface area contributed by atoms with Crippen molar-refractivity contribution in [2.45, 2.75) is 20.3 Å². The van der Waals surface area contributed by atoms with Crippen molar-refractivity contribution in [1.29, 1.82) is 0 Å². The van der Waals surface area contributed by atoms with Crippen LogP contribution < -0.4 is 5.73 Å². The first-order valence-electron chi connectivity index (χ1n) is 4.34. The van der Waals surface area contributed by atoms with Crippen LogP contribution in [0.3, 0.4) is 0 Å². The van der Waals surface area contributed by atoms with Crippen LogP contribution in [0.15, 0.2) is 17.1 Å². The van der Waals surface area contributed by atoms with E-state index in [0.29, 0.717) is 28.0 Å². The highest BCUT2D eigenvalue weighted by molar-refractivity contribution is 6.39. The predicted octanol–water partition coefficient (Wildman–Crippen LogP) is 3.70. The number of benzene rings is 1. The summed E-state index contributed by atoms with van der Waals surface area (Å²) >= 11 is 12.0. The van der Waals surface area contributed by atoms with E-state index in [1.54, 1.807) is 6.07 Å². The summed E-state index contributed by atoms with van der Waals surface area (Å²) in [5.74, 6) is 0.527. The Morgan fingerprint density at radius 3 is 2.64 bits per heavy atom. The summed E-state index contributed by atoms with van der Waals surface area (Å²) in [6, 6.07) is 3.62. The standard InChI is InChI=1S/C10H12Cl2N2/c1-3-8(13)14-10-7(11)5-4-6(2)9(10)12/h4-5H,3H2,1-2H3,(H2,13,14). The van der Waals surface area contributed by atoms with Crippen LogP contribution in [0, 0.1) is 6.92 Å². The van der Waals surface area contributed by atoms with Crippen molar-refractivity contribution in [3.8, 4) is 0 Å². The molecule has 0 amide bonds. The molecule has 0 saturated heterocycles. The zero-order valence-electron chi connectivity index (χ0n) is 8.14. The summed E-state index contributed by atoms with van der Waals surface area (Å²) < 4.78 is 0. The van der Waals surface area contributed by atoms with E-state index in [4.69, 9.17) is 28.9 Å². The number of nitrogens with zero attached hydrogens (tertiary/aromatic N) is 1. The van der Waals surface area contributed by atoms with E-state index >= 15 is 0 Å². The molecule has 0 fully saturated rings. The van der Waals surface area contributed by atoms with Crippen molar-refractivity contribution in [3.05, 3.63) is 27.7 Å². The molecule has 0 aliphatic carbocycles. The largest absolute Gasteiger partial charge is 0.387 e. The molecule has 0 aliphatic heterocycles. The molecule has 1 aromatic carbocycles. The lowest BCUT2D eigenvalue weighted by atomic mass is 10.2. The van der Waals surface area contributed by atoms with Crippen molar-refractivity contribution >= 4 is 34.7 Å². The summed E-state index contributed by atoms with van der Waals surface area (Å²) in [4.78, 5) is 4.17. The van der Waals surface area contributed by atoms with Gasteiger partial charge in [-0.15, -0.1) is 0 Å². The van der Waals surface area contributed by atoms with E-state index in [1.807, 2.05) is 19.9 Å². The maximum absolute atomic E-state index is 6.05. The first-order chi connectivity index (χ1) is 6.56. The van der Waals surface area contributed by atoms with Crippen molar-refractivity contribution in [1.82, 2.24) is 0 Å². The summed E-state index contributed by atoms with van der Waals surface area (Å²) in [5.41, 5.74) is 7.13. The number of aliphatic imine (C=N–C) groups is 1. The fraction of sp³-hybridized carbons (Fsp3) is 0.300. The molecule has 0 atom stereocenters. The van der Waals surface area contributed by atoms with Crippen molar-refractivity contribution in [3.63, 3.8) is 0 Å². The summed E-state index contributed by atoms with van der Waals surface area (Å²) in [7, 11) is 0. The van der Waals surface area contributed by atoms with Crippen LogP contribution in [0.25, 0.3) is 0 Å². The molecular formula is C10H12Cl2N2. The second-order valence-electron chi connectivity index (χ2n) is 2.98. The maximum atomic E-state index is 6.05. The van der Waals surface area contributed by atoms with Gasteiger partial charge in [0, 0.05) is 6.42 Å². The maximum Gasteiger partial charge on any atom is 0.103 e. The third-order valence-corrected chi connectivity index (χ3v) is 2.66. The Balaban J connectivity index is 3.26. The SMILES string of the molecule is CCC(N)=Nc1c(Cl)ccc(C)c1Cl. The zero-order valence-corrected chi connectivity index (χ0v) is 9.65. The molecule has 0 spiro atoms. The van der Waals surface area contributed by atoms with Gasteiger partial charge in [-0.3, -0.25) is 0 Å². The third-order valence-electron chi connectivity index (χ3n) is 1.88. The number of aryl methyl sites for hydroxylation is 1. The van der Waals surface area contributed by atoms with E-state index in [0.717, 1.165) is 5.56 Å². The Bertz CT molecular complexity index is 373. The van der Waals surface area contributed by atoms with Gasteiger partial charge in [-0.2, -0.15) is 0 Å². The van der Waals surface area contributed by atoms with Crippen LogP contribution in [0.2, 0.25) is 10.0 Å². The molecule has 0 aliphatic rings. The third kappa shape index (κ3) is 2.40. The lowest BCUT2D eigenvalue weighted by molar-refractivity contribution is 1.23. The van der Waals surface area contributed by atoms with E-state index < -0.39 is 0 Å². The molecule has 0 saturated carbocycles. The number of hydrogen-bond donors (Lipinski definition) is 1. The van der Waals surface area contributed by atoms with Crippen LogP contribution in [0.1, 0.15) is 18.9 Å². The highest BCUT2D eigenvalue weighted by atomic mass is 35.5. The monoisotopic (exact) mass is 230 g/mol. The number of rotatable bonds is 2. The van der Waals surface area contributed by atoms with Crippen molar-refractivity contribution < 1.29 is 0 Å². The van der Waals surface area contributed by atoms with Gasteiger partial charge in [-0.25, -0.2) is 4.99 Å². The van der Waals surface area contributed by atoms with Crippen LogP contribution in [0.4, 0.5) is 5.69 Å². The van der Waals surface area contributed by atoms with Gasteiger partial charge in [0.15, 0.2) is 0 Å². The van der Waals surface area contributed by atoms with E-state index in [9.17, 15) is 0 Å². The Morgan fingerprint density at radius 2 is 2.07 bits per heavy atom. The van der Waals surface area contributed by atoms with Gasteiger partial charge < -0.3 is 5.73 Å². The fourth-order valence-electron chi connectivity index (χ4n) is 0.967. The highest BCUT2D eigenvalue weighted by Crippen LogP contribution is 2.35. The molecule has 2 nitrogen and oxygen atoms in total. The lowest BCUT2D eigenvalue weighted by Gasteiger charge is -2.05. The fourth-order valence-corrected chi connectivity index (χ4v) is 1.42. The number of hydrogen-bond acceptors (Lipinski definition) is 1. The lowest BCUT2D eigenvalue weighted by Crippen LogP contribution is -2.08. The quantitative estimate of drug-likeness (QED) is 0.611. The molecule has 4 heteroatoms. The molecule has 0 heterocycles. The van der Waals surface area contributed by atoms with Gasteiger partial charge in [-0.05, 0) is 18.6 Å². The van der Waals surface area contributed by atoms with Gasteiger partial charge in [0.05, 0.1) is 15.9 Å². The summed E-state index contributed by atoms with van der Waals surface area (Å²) in [6.45, 7) is 3.83. The van der Waals surface area contributed by atoms with Crippen LogP contribution >= 0.6 is 23.2 Å². The Morgan fingerprint density at radius 1 is 1.43 bits per heavy atom. The zero-order chi connectivity index (χ0) is 10.7. The van der Waals surface area contributed by atoms with Gasteiger partial charge in [-0.1, -0.05) is 36.2 Å². The van der Waals surface area contributed by atoms with Gasteiger partial charge in [0.25, 0.3) is 0 Å². The minimum atomic E-state index is 0.525. The average molecular weight is 231 g/mol. The molecule has 76 valence electrons. The minimum absolute atomic E-state index is 0.525. The minimum Gasteiger partial charge on any atom is -0.387 e. The summed E-state index contributed by atoms with van der Waals surface area (Å²) in [5, 5.41) is 1.09. The predicted molar refractivity (Wildman–Crippen MR) is 62.8 cm³/mol. The van der Waals surface area contributed by atoms with Crippen LogP contribution in [-0.4, -0.2) is 5.84 Å². The van der Waals surface area contributed by atoms with E-state index in [1.165, 1.54) is 0 Å². The normalized spacial score (nSPS) is 11.9. The van der Waals surface area contributed by atoms with E-state index in [2.05, 4.69) is 4.99 Å². The van der Waals surface area contributed by atoms with Crippen molar-refractivity contribution in [2.24, 2.45) is 10.7 Å². The molecule has 1 aromatic rings. The molecule has 0 aromatic heterocycles. The van der Waals surface area contributed by atoms with E-state index in [-0.39, 0.29) is 0 Å². The van der Waals surface area contributed by atoms with Gasteiger partial charge in [0.1, 0.15) is 5.69 Å². The van der Waals surface area contributed by atoms with Gasteiger partial charge >= 0.3 is 0 Å². The molecule has 0 unspecified atom stereocenters. The van der Waals surface area contributed by atoms with Crippen LogP contribution in [-0.2, 0) is 0 Å². The Labute approximate surface area is 93.7 Å². The first-order valence-corrected chi connectivity index (χ1v) is 5.09. The first kappa shape index (κ1) is 11.3. The van der Waals surface area contributed by atoms with Crippen molar-refractivity contribution in [2.75, 3.05) is 0 Å². The molecule has 1 rings (SSSR count). The average Bonchev–Trinajstić information content (AvgIpc) is 2.18. The number of halogens is 2. The Hall–Kier alpha value is -0.730. The molecular weight excluding hydrogens is 219 g/mol. The molecule has 0 radical (unpaired) electrons. The molecule has 14 heavy (non-hydrogen) atoms. The molecule has 2 N–H and O–H groups in total. The second-order valence-corrected chi connectivity index (χ2v) is 3.77. The smallest absolute Gasteiger partial charge is 0.103 e.